The minimum atomic E-state index is -3.17. The van der Waals surface area contributed by atoms with E-state index in [2.05, 4.69) is 17.0 Å². The lowest BCUT2D eigenvalue weighted by atomic mass is 10.0. The molecule has 1 fully saturated rings. The fourth-order valence-electron chi connectivity index (χ4n) is 2.47. The second-order valence-electron chi connectivity index (χ2n) is 5.66. The molecule has 102 valence electrons. The van der Waals surface area contributed by atoms with Crippen LogP contribution >= 0.6 is 0 Å². The van der Waals surface area contributed by atoms with Gasteiger partial charge in [-0.2, -0.15) is 0 Å². The maximum Gasteiger partial charge on any atom is 0.213 e. The summed E-state index contributed by atoms with van der Waals surface area (Å²) in [5.41, 5.74) is -0.331. The van der Waals surface area contributed by atoms with Crippen molar-refractivity contribution in [2.45, 2.75) is 64.5 Å². The lowest BCUT2D eigenvalue weighted by Crippen LogP contribution is -2.48. The molecule has 1 aliphatic rings. The Morgan fingerprint density at radius 1 is 1.35 bits per heavy atom. The summed E-state index contributed by atoms with van der Waals surface area (Å²) in [4.78, 5) is 0. The molecule has 17 heavy (non-hydrogen) atoms. The highest BCUT2D eigenvalue weighted by atomic mass is 32.2. The van der Waals surface area contributed by atoms with E-state index in [9.17, 15) is 8.42 Å². The lowest BCUT2D eigenvalue weighted by Gasteiger charge is -2.28. The molecule has 0 aliphatic carbocycles. The van der Waals surface area contributed by atoms with Crippen molar-refractivity contribution in [1.29, 1.82) is 0 Å². The first-order valence-corrected chi connectivity index (χ1v) is 8.25. The zero-order valence-corrected chi connectivity index (χ0v) is 12.1. The van der Waals surface area contributed by atoms with Crippen LogP contribution in [0.25, 0.3) is 0 Å². The van der Waals surface area contributed by atoms with Crippen molar-refractivity contribution in [1.82, 2.24) is 10.0 Å². The van der Waals surface area contributed by atoms with E-state index in [0.717, 1.165) is 38.6 Å². The number of sulfonamides is 1. The van der Waals surface area contributed by atoms with E-state index >= 15 is 0 Å². The van der Waals surface area contributed by atoms with Crippen LogP contribution in [0.2, 0.25) is 0 Å². The Hall–Kier alpha value is -0.130. The molecule has 1 heterocycles. The molecule has 1 atom stereocenters. The number of hydrogen-bond donors (Lipinski definition) is 2. The quantitative estimate of drug-likeness (QED) is 0.765. The predicted octanol–water partition coefficient (Wildman–Crippen LogP) is 1.63. The monoisotopic (exact) mass is 262 g/mol. The topological polar surface area (TPSA) is 58.2 Å². The van der Waals surface area contributed by atoms with Crippen LogP contribution in [0.3, 0.4) is 0 Å². The van der Waals surface area contributed by atoms with Gasteiger partial charge in [0, 0.05) is 11.6 Å². The van der Waals surface area contributed by atoms with Gasteiger partial charge < -0.3 is 5.32 Å². The van der Waals surface area contributed by atoms with Gasteiger partial charge in [0.05, 0.1) is 5.75 Å². The third-order valence-corrected chi connectivity index (χ3v) is 4.84. The smallest absolute Gasteiger partial charge is 0.213 e. The number of piperidine rings is 1. The summed E-state index contributed by atoms with van der Waals surface area (Å²) < 4.78 is 26.9. The molecule has 5 heteroatoms. The molecule has 0 aromatic rings. The first-order valence-electron chi connectivity index (χ1n) is 6.60. The second-order valence-corrected chi connectivity index (χ2v) is 7.43. The third-order valence-electron chi connectivity index (χ3n) is 3.14. The van der Waals surface area contributed by atoms with Crippen LogP contribution in [-0.2, 0) is 10.0 Å². The van der Waals surface area contributed by atoms with E-state index in [1.54, 1.807) is 0 Å². The summed E-state index contributed by atoms with van der Waals surface area (Å²) in [6.07, 6.45) is 5.10. The highest BCUT2D eigenvalue weighted by Crippen LogP contribution is 2.14. The van der Waals surface area contributed by atoms with Crippen molar-refractivity contribution in [3.05, 3.63) is 0 Å². The van der Waals surface area contributed by atoms with Gasteiger partial charge in [0.25, 0.3) is 0 Å². The van der Waals surface area contributed by atoms with Gasteiger partial charge in [-0.1, -0.05) is 19.8 Å². The van der Waals surface area contributed by atoms with Gasteiger partial charge >= 0.3 is 0 Å². The van der Waals surface area contributed by atoms with Crippen molar-refractivity contribution >= 4 is 10.0 Å². The van der Waals surface area contributed by atoms with Crippen LogP contribution in [0.4, 0.5) is 0 Å². The van der Waals surface area contributed by atoms with Crippen molar-refractivity contribution in [2.75, 3.05) is 12.3 Å². The summed E-state index contributed by atoms with van der Waals surface area (Å²) >= 11 is 0. The highest BCUT2D eigenvalue weighted by Gasteiger charge is 2.27. The molecule has 0 aromatic carbocycles. The Labute approximate surface area is 106 Å². The van der Waals surface area contributed by atoms with Crippen LogP contribution in [0.15, 0.2) is 0 Å². The molecule has 0 spiro atoms. The van der Waals surface area contributed by atoms with E-state index in [4.69, 9.17) is 0 Å². The maximum absolute atomic E-state index is 12.0. The van der Waals surface area contributed by atoms with E-state index in [-0.39, 0.29) is 17.3 Å². The minimum Gasteiger partial charge on any atom is -0.313 e. The summed E-state index contributed by atoms with van der Waals surface area (Å²) in [6.45, 7) is 6.90. The molecule has 1 saturated heterocycles. The largest absolute Gasteiger partial charge is 0.313 e. The van der Waals surface area contributed by atoms with E-state index in [1.807, 2.05) is 13.8 Å². The average Bonchev–Trinajstić information content (AvgIpc) is 2.15. The summed E-state index contributed by atoms with van der Waals surface area (Å²) in [7, 11) is -3.17. The van der Waals surface area contributed by atoms with Crippen molar-refractivity contribution in [2.24, 2.45) is 0 Å². The molecule has 0 saturated carbocycles. The predicted molar refractivity (Wildman–Crippen MR) is 71.6 cm³/mol. The summed E-state index contributed by atoms with van der Waals surface area (Å²) in [5.74, 6) is 0.208. The summed E-state index contributed by atoms with van der Waals surface area (Å²) in [5, 5.41) is 3.27. The second kappa shape index (κ2) is 6.16. The molecular weight excluding hydrogens is 236 g/mol. The third kappa shape index (κ3) is 5.84. The Kier molecular flexibility index (Phi) is 5.41. The fraction of sp³-hybridized carbons (Fsp3) is 1.00. The standard InChI is InChI=1S/C12H26N2O2S/c1-4-8-12(2,3)14-17(15,16)10-11-7-5-6-9-13-11/h11,13-14H,4-10H2,1-3H3. The normalized spacial score (nSPS) is 22.6. The van der Waals surface area contributed by atoms with Gasteiger partial charge in [-0.3, -0.25) is 0 Å². The Morgan fingerprint density at radius 2 is 2.06 bits per heavy atom. The van der Waals surface area contributed by atoms with Gasteiger partial charge in [0.2, 0.25) is 10.0 Å². The zero-order chi connectivity index (χ0) is 12.9. The van der Waals surface area contributed by atoms with Crippen molar-refractivity contribution in [3.8, 4) is 0 Å². The van der Waals surface area contributed by atoms with Gasteiger partial charge in [-0.05, 0) is 39.7 Å². The first kappa shape index (κ1) is 14.9. The van der Waals surface area contributed by atoms with Crippen LogP contribution < -0.4 is 10.0 Å². The van der Waals surface area contributed by atoms with Crippen LogP contribution in [0, 0.1) is 0 Å². The number of hydrogen-bond acceptors (Lipinski definition) is 3. The molecule has 1 aliphatic heterocycles. The molecule has 0 bridgehead atoms. The van der Waals surface area contributed by atoms with Crippen molar-refractivity contribution < 1.29 is 8.42 Å². The van der Waals surface area contributed by atoms with Gasteiger partial charge in [0.1, 0.15) is 0 Å². The Balaban J connectivity index is 2.50. The van der Waals surface area contributed by atoms with Crippen LogP contribution in [0.5, 0.6) is 0 Å². The molecule has 0 aromatic heterocycles. The van der Waals surface area contributed by atoms with Crippen molar-refractivity contribution in [3.63, 3.8) is 0 Å². The van der Waals surface area contributed by atoms with E-state index in [0.29, 0.717) is 0 Å². The van der Waals surface area contributed by atoms with Crippen LogP contribution in [0.1, 0.15) is 52.9 Å². The molecular formula is C12H26N2O2S. The Bertz CT molecular complexity index is 319. The maximum atomic E-state index is 12.0. The highest BCUT2D eigenvalue weighted by molar-refractivity contribution is 7.89. The summed E-state index contributed by atoms with van der Waals surface area (Å²) in [6, 6.07) is 0.124. The van der Waals surface area contributed by atoms with Gasteiger partial charge in [0.15, 0.2) is 0 Å². The average molecular weight is 262 g/mol. The Morgan fingerprint density at radius 3 is 2.59 bits per heavy atom. The molecule has 0 amide bonds. The van der Waals surface area contributed by atoms with Gasteiger partial charge in [-0.25, -0.2) is 13.1 Å². The first-order chi connectivity index (χ1) is 7.85. The van der Waals surface area contributed by atoms with E-state index in [1.165, 1.54) is 0 Å². The minimum absolute atomic E-state index is 0.124. The number of nitrogens with one attached hydrogen (secondary N) is 2. The zero-order valence-electron chi connectivity index (χ0n) is 11.3. The number of rotatable bonds is 6. The lowest BCUT2D eigenvalue weighted by molar-refractivity contribution is 0.401. The van der Waals surface area contributed by atoms with Gasteiger partial charge in [-0.15, -0.1) is 0 Å². The van der Waals surface area contributed by atoms with Crippen LogP contribution in [-0.4, -0.2) is 32.3 Å². The van der Waals surface area contributed by atoms with E-state index < -0.39 is 10.0 Å². The molecule has 2 N–H and O–H groups in total. The molecule has 1 rings (SSSR count). The molecule has 4 nitrogen and oxygen atoms in total. The fourth-order valence-corrected chi connectivity index (χ4v) is 4.31. The molecule has 1 unspecified atom stereocenters. The SMILES string of the molecule is CCCC(C)(C)NS(=O)(=O)CC1CCCCN1. The molecule has 0 radical (unpaired) electrons.